The Morgan fingerprint density at radius 2 is 2.10 bits per heavy atom. The van der Waals surface area contributed by atoms with Crippen molar-refractivity contribution < 1.29 is 18.8 Å². The summed E-state index contributed by atoms with van der Waals surface area (Å²) in [5, 5.41) is 22.4. The number of amides is 1. The van der Waals surface area contributed by atoms with E-state index in [0.717, 1.165) is 36.0 Å². The van der Waals surface area contributed by atoms with Gasteiger partial charge in [-0.3, -0.25) is 19.6 Å². The third-order valence-corrected chi connectivity index (χ3v) is 4.47. The quantitative estimate of drug-likeness (QED) is 0.446. The number of aromatic nitrogens is 4. The van der Waals surface area contributed by atoms with Crippen LogP contribution in [0.4, 0.5) is 10.1 Å². The summed E-state index contributed by atoms with van der Waals surface area (Å²) in [5.74, 6) is -1.27. The minimum Gasteiger partial charge on any atom is -0.464 e. The van der Waals surface area contributed by atoms with Crippen molar-refractivity contribution in [2.45, 2.75) is 40.1 Å². The molecule has 0 aliphatic carbocycles. The fourth-order valence-electron chi connectivity index (χ4n) is 2.91. The number of nitro groups is 1. The maximum absolute atomic E-state index is 13.4. The second kappa shape index (κ2) is 8.72. The molecule has 0 saturated carbocycles. The van der Waals surface area contributed by atoms with Gasteiger partial charge >= 0.3 is 5.69 Å². The highest BCUT2D eigenvalue weighted by molar-refractivity contribution is 5.92. The van der Waals surface area contributed by atoms with Crippen molar-refractivity contribution in [3.8, 4) is 5.75 Å². The van der Waals surface area contributed by atoms with E-state index >= 15 is 0 Å². The molecule has 2 aromatic heterocycles. The Balaban J connectivity index is 1.65. The van der Waals surface area contributed by atoms with Gasteiger partial charge in [-0.25, -0.2) is 9.07 Å². The van der Waals surface area contributed by atoms with Crippen LogP contribution < -0.4 is 10.1 Å². The first-order valence-corrected chi connectivity index (χ1v) is 9.23. The minimum absolute atomic E-state index is 0.153. The van der Waals surface area contributed by atoms with Crippen LogP contribution in [0.15, 0.2) is 36.7 Å². The Bertz CT molecular complexity index is 1080. The van der Waals surface area contributed by atoms with E-state index in [2.05, 4.69) is 15.5 Å². The molecule has 1 atom stereocenters. The number of rotatable bonds is 8. The van der Waals surface area contributed by atoms with Crippen molar-refractivity contribution in [2.24, 2.45) is 0 Å². The number of hydrogen-bond acceptors (Lipinski definition) is 6. The fraction of sp³-hybridized carbons (Fsp3) is 0.316. The standard InChI is InChI=1S/C19H21FN6O4/c1-4-24-10-15(13(3)22-24)12(2)21-19(27)16-7-8-25(23-16)11-30-18-9-14(20)5-6-17(18)26(28)29/h5-10,12H,4,11H2,1-3H3,(H,21,27). The van der Waals surface area contributed by atoms with E-state index in [9.17, 15) is 19.3 Å². The third kappa shape index (κ3) is 4.62. The van der Waals surface area contributed by atoms with E-state index in [1.165, 1.54) is 16.9 Å². The first-order chi connectivity index (χ1) is 14.3. The van der Waals surface area contributed by atoms with E-state index < -0.39 is 10.7 Å². The van der Waals surface area contributed by atoms with Crippen molar-refractivity contribution in [1.29, 1.82) is 0 Å². The average molecular weight is 416 g/mol. The molecule has 0 aliphatic heterocycles. The second-order valence-electron chi connectivity index (χ2n) is 6.60. The summed E-state index contributed by atoms with van der Waals surface area (Å²) < 4.78 is 21.8. The summed E-state index contributed by atoms with van der Waals surface area (Å²) in [4.78, 5) is 22.9. The van der Waals surface area contributed by atoms with E-state index in [-0.39, 0.29) is 35.8 Å². The van der Waals surface area contributed by atoms with E-state index in [0.29, 0.717) is 0 Å². The number of nitrogens with one attached hydrogen (secondary N) is 1. The van der Waals surface area contributed by atoms with E-state index in [4.69, 9.17) is 4.74 Å². The van der Waals surface area contributed by atoms with E-state index in [1.54, 1.807) is 4.68 Å². The number of nitro benzene ring substituents is 1. The number of carbonyl (C=O) groups is 1. The number of nitrogens with zero attached hydrogens (tertiary/aromatic N) is 5. The van der Waals surface area contributed by atoms with Gasteiger partial charge in [0.2, 0.25) is 5.75 Å². The molecule has 1 amide bonds. The van der Waals surface area contributed by atoms with Gasteiger partial charge in [0.25, 0.3) is 5.91 Å². The minimum atomic E-state index is -0.666. The molecule has 0 aliphatic rings. The molecule has 0 fully saturated rings. The summed E-state index contributed by atoms with van der Waals surface area (Å²) in [6, 6.07) is 4.16. The van der Waals surface area contributed by atoms with Gasteiger partial charge < -0.3 is 10.1 Å². The highest BCUT2D eigenvalue weighted by Gasteiger charge is 2.19. The van der Waals surface area contributed by atoms with Crippen LogP contribution in [-0.2, 0) is 13.3 Å². The zero-order valence-corrected chi connectivity index (χ0v) is 16.7. The molecule has 1 N–H and O–H groups in total. The molecule has 30 heavy (non-hydrogen) atoms. The summed E-state index contributed by atoms with van der Waals surface area (Å²) in [6.07, 6.45) is 3.38. The van der Waals surface area contributed by atoms with Crippen LogP contribution in [0.1, 0.15) is 41.6 Å². The topological polar surface area (TPSA) is 117 Å². The van der Waals surface area contributed by atoms with Crippen LogP contribution in [0.5, 0.6) is 5.75 Å². The van der Waals surface area contributed by atoms with Crippen molar-refractivity contribution in [1.82, 2.24) is 24.9 Å². The Kier molecular flexibility index (Phi) is 6.09. The van der Waals surface area contributed by atoms with Gasteiger partial charge in [-0.1, -0.05) is 0 Å². The lowest BCUT2D eigenvalue weighted by Gasteiger charge is -2.12. The summed E-state index contributed by atoms with van der Waals surface area (Å²) in [7, 11) is 0. The molecule has 10 nitrogen and oxygen atoms in total. The molecule has 1 aromatic carbocycles. The Morgan fingerprint density at radius 1 is 1.33 bits per heavy atom. The largest absolute Gasteiger partial charge is 0.464 e. The second-order valence-corrected chi connectivity index (χ2v) is 6.60. The average Bonchev–Trinajstić information content (AvgIpc) is 3.32. The Morgan fingerprint density at radius 3 is 2.77 bits per heavy atom. The highest BCUT2D eigenvalue weighted by Crippen LogP contribution is 2.27. The smallest absolute Gasteiger partial charge is 0.311 e. The first-order valence-electron chi connectivity index (χ1n) is 9.23. The molecular formula is C19H21FN6O4. The number of benzene rings is 1. The number of aryl methyl sites for hydroxylation is 2. The Labute approximate surface area is 171 Å². The van der Waals surface area contributed by atoms with Gasteiger partial charge in [-0.2, -0.15) is 10.2 Å². The maximum atomic E-state index is 13.4. The summed E-state index contributed by atoms with van der Waals surface area (Å²) in [5.41, 5.74) is 1.53. The van der Waals surface area contributed by atoms with Gasteiger partial charge in [-0.15, -0.1) is 0 Å². The maximum Gasteiger partial charge on any atom is 0.311 e. The number of ether oxygens (including phenoxy) is 1. The molecule has 0 radical (unpaired) electrons. The van der Waals surface area contributed by atoms with Crippen molar-refractivity contribution >= 4 is 11.6 Å². The van der Waals surface area contributed by atoms with Crippen molar-refractivity contribution in [3.63, 3.8) is 0 Å². The predicted molar refractivity (Wildman–Crippen MR) is 104 cm³/mol. The first kappa shape index (κ1) is 21.0. The lowest BCUT2D eigenvalue weighted by molar-refractivity contribution is -0.386. The normalized spacial score (nSPS) is 11.9. The van der Waals surface area contributed by atoms with Crippen LogP contribution in [0.2, 0.25) is 0 Å². The zero-order chi connectivity index (χ0) is 21.8. The lowest BCUT2D eigenvalue weighted by Crippen LogP contribution is -2.27. The third-order valence-electron chi connectivity index (χ3n) is 4.47. The van der Waals surface area contributed by atoms with Gasteiger partial charge in [0, 0.05) is 36.6 Å². The van der Waals surface area contributed by atoms with E-state index in [1.807, 2.05) is 27.0 Å². The molecule has 2 heterocycles. The molecule has 11 heteroatoms. The zero-order valence-electron chi connectivity index (χ0n) is 16.7. The van der Waals surface area contributed by atoms with Crippen LogP contribution in [0.3, 0.4) is 0 Å². The van der Waals surface area contributed by atoms with Crippen LogP contribution >= 0.6 is 0 Å². The van der Waals surface area contributed by atoms with Crippen molar-refractivity contribution in [2.75, 3.05) is 0 Å². The molecule has 3 aromatic rings. The molecule has 158 valence electrons. The van der Waals surface area contributed by atoms with Crippen LogP contribution in [-0.4, -0.2) is 30.4 Å². The lowest BCUT2D eigenvalue weighted by atomic mass is 10.1. The molecular weight excluding hydrogens is 395 g/mol. The van der Waals surface area contributed by atoms with Crippen LogP contribution in [0.25, 0.3) is 0 Å². The van der Waals surface area contributed by atoms with Gasteiger partial charge in [0.15, 0.2) is 6.73 Å². The van der Waals surface area contributed by atoms with Gasteiger partial charge in [0.05, 0.1) is 16.7 Å². The molecule has 1 unspecified atom stereocenters. The predicted octanol–water partition coefficient (Wildman–Crippen LogP) is 2.98. The molecule has 3 rings (SSSR count). The van der Waals surface area contributed by atoms with Gasteiger partial charge in [0.1, 0.15) is 11.5 Å². The summed E-state index contributed by atoms with van der Waals surface area (Å²) in [6.45, 7) is 6.21. The molecule has 0 spiro atoms. The highest BCUT2D eigenvalue weighted by atomic mass is 19.1. The Hall–Kier alpha value is -3.76. The molecule has 0 saturated heterocycles. The number of carbonyl (C=O) groups excluding carboxylic acids is 1. The number of hydrogen-bond donors (Lipinski definition) is 1. The monoisotopic (exact) mass is 416 g/mol. The summed E-state index contributed by atoms with van der Waals surface area (Å²) >= 11 is 0. The fourth-order valence-corrected chi connectivity index (χ4v) is 2.91. The SMILES string of the molecule is CCn1cc(C(C)NC(=O)c2ccn(COc3cc(F)ccc3[N+](=O)[O-])n2)c(C)n1. The molecule has 0 bridgehead atoms. The van der Waals surface area contributed by atoms with Crippen LogP contribution in [0, 0.1) is 22.9 Å². The number of halogens is 1. The van der Waals surface area contributed by atoms with Gasteiger partial charge in [-0.05, 0) is 32.9 Å². The van der Waals surface area contributed by atoms with Crippen molar-refractivity contribution in [3.05, 3.63) is 69.5 Å².